The molecular formula is C19H18F2N2O2. The van der Waals surface area contributed by atoms with Gasteiger partial charge in [-0.1, -0.05) is 24.3 Å². The van der Waals surface area contributed by atoms with E-state index in [0.717, 1.165) is 11.1 Å². The highest BCUT2D eigenvalue weighted by Gasteiger charge is 2.56. The highest BCUT2D eigenvalue weighted by Crippen LogP contribution is 2.46. The van der Waals surface area contributed by atoms with Crippen LogP contribution in [0.25, 0.3) is 0 Å². The summed E-state index contributed by atoms with van der Waals surface area (Å²) in [5, 5.41) is 5.47. The van der Waals surface area contributed by atoms with E-state index in [-0.39, 0.29) is 36.5 Å². The first-order valence-electron chi connectivity index (χ1n) is 8.05. The van der Waals surface area contributed by atoms with Crippen LogP contribution in [-0.4, -0.2) is 11.8 Å². The Kier molecular flexibility index (Phi) is 4.79. The highest BCUT2D eigenvalue weighted by atomic mass is 19.1. The highest BCUT2D eigenvalue weighted by molar-refractivity contribution is 6.07. The zero-order valence-electron chi connectivity index (χ0n) is 13.5. The molecule has 0 spiro atoms. The van der Waals surface area contributed by atoms with E-state index >= 15 is 0 Å². The van der Waals surface area contributed by atoms with E-state index in [2.05, 4.69) is 10.6 Å². The van der Waals surface area contributed by atoms with Crippen LogP contribution in [0.4, 0.5) is 8.78 Å². The van der Waals surface area contributed by atoms with Gasteiger partial charge in [0.1, 0.15) is 17.0 Å². The number of amides is 2. The fourth-order valence-electron chi connectivity index (χ4n) is 2.59. The maximum absolute atomic E-state index is 12.9. The van der Waals surface area contributed by atoms with E-state index in [9.17, 15) is 18.4 Å². The van der Waals surface area contributed by atoms with Gasteiger partial charge in [0.2, 0.25) is 11.8 Å². The molecule has 1 fully saturated rings. The summed E-state index contributed by atoms with van der Waals surface area (Å²) < 4.78 is 25.8. The third-order valence-electron chi connectivity index (χ3n) is 4.35. The first-order valence-corrected chi connectivity index (χ1v) is 8.05. The zero-order valence-corrected chi connectivity index (χ0v) is 13.5. The van der Waals surface area contributed by atoms with Gasteiger partial charge in [-0.2, -0.15) is 0 Å². The maximum Gasteiger partial charge on any atom is 0.235 e. The summed E-state index contributed by atoms with van der Waals surface area (Å²) in [6.07, 6.45) is 0.995. The molecular weight excluding hydrogens is 326 g/mol. The normalized spacial score (nSPS) is 14.6. The lowest BCUT2D eigenvalue weighted by Gasteiger charge is -2.15. The van der Waals surface area contributed by atoms with Crippen molar-refractivity contribution in [1.82, 2.24) is 10.6 Å². The quantitative estimate of drug-likeness (QED) is 0.792. The second-order valence-electron chi connectivity index (χ2n) is 6.20. The number of carbonyl (C=O) groups is 2. The van der Waals surface area contributed by atoms with E-state index in [1.807, 2.05) is 0 Å². The van der Waals surface area contributed by atoms with Gasteiger partial charge < -0.3 is 10.6 Å². The molecule has 25 heavy (non-hydrogen) atoms. The van der Waals surface area contributed by atoms with Gasteiger partial charge in [-0.15, -0.1) is 0 Å². The Balaban J connectivity index is 1.53. The van der Waals surface area contributed by atoms with Crippen LogP contribution in [-0.2, 0) is 22.7 Å². The van der Waals surface area contributed by atoms with E-state index in [1.54, 1.807) is 24.3 Å². The van der Waals surface area contributed by atoms with Gasteiger partial charge >= 0.3 is 0 Å². The van der Waals surface area contributed by atoms with Crippen LogP contribution in [0.5, 0.6) is 0 Å². The molecule has 1 aliphatic rings. The van der Waals surface area contributed by atoms with Crippen LogP contribution in [0.2, 0.25) is 0 Å². The van der Waals surface area contributed by atoms with Crippen molar-refractivity contribution < 1.29 is 18.4 Å². The Hall–Kier alpha value is -2.76. The molecule has 3 rings (SSSR count). The third kappa shape index (κ3) is 4.02. The van der Waals surface area contributed by atoms with Crippen LogP contribution in [0.1, 0.15) is 24.0 Å². The number of benzene rings is 2. The number of carbonyl (C=O) groups excluding carboxylic acids is 2. The second-order valence-corrected chi connectivity index (χ2v) is 6.20. The first kappa shape index (κ1) is 17.1. The fraction of sp³-hybridized carbons (Fsp3) is 0.263. The monoisotopic (exact) mass is 344 g/mol. The number of hydrogen-bond donors (Lipinski definition) is 2. The van der Waals surface area contributed by atoms with Gasteiger partial charge in [-0.25, -0.2) is 8.78 Å². The van der Waals surface area contributed by atoms with Crippen LogP contribution in [0.3, 0.4) is 0 Å². The summed E-state index contributed by atoms with van der Waals surface area (Å²) in [6.45, 7) is 0.484. The van der Waals surface area contributed by atoms with Gasteiger partial charge in [0.25, 0.3) is 0 Å². The minimum Gasteiger partial charge on any atom is -0.351 e. The average Bonchev–Trinajstić information content (AvgIpc) is 3.42. The summed E-state index contributed by atoms with van der Waals surface area (Å²) in [5.74, 6) is -1.33. The average molecular weight is 344 g/mol. The van der Waals surface area contributed by atoms with Crippen LogP contribution >= 0.6 is 0 Å². The molecule has 1 aliphatic carbocycles. The molecule has 130 valence electrons. The standard InChI is InChI=1S/C19H18F2N2O2/c20-15-5-1-13(2-6-15)11-22-17(24)19(9-10-19)18(25)23-12-14-3-7-16(21)8-4-14/h1-8H,9-12H2,(H,22,24)(H,23,25). The van der Waals surface area contributed by atoms with Gasteiger partial charge in [-0.05, 0) is 48.2 Å². The molecule has 0 aromatic heterocycles. The zero-order chi connectivity index (χ0) is 17.9. The number of hydrogen-bond acceptors (Lipinski definition) is 2. The van der Waals surface area contributed by atoms with Gasteiger partial charge in [0.15, 0.2) is 0 Å². The van der Waals surface area contributed by atoms with E-state index < -0.39 is 5.41 Å². The molecule has 0 bridgehead atoms. The van der Waals surface area contributed by atoms with Gasteiger partial charge in [0, 0.05) is 13.1 Å². The van der Waals surface area contributed by atoms with Crippen molar-refractivity contribution in [2.45, 2.75) is 25.9 Å². The third-order valence-corrected chi connectivity index (χ3v) is 4.35. The lowest BCUT2D eigenvalue weighted by molar-refractivity contribution is -0.137. The Morgan fingerprint density at radius 3 is 1.44 bits per heavy atom. The van der Waals surface area contributed by atoms with Crippen molar-refractivity contribution >= 4 is 11.8 Å². The molecule has 2 aromatic carbocycles. The Bertz CT molecular complexity index is 706. The molecule has 6 heteroatoms. The van der Waals surface area contributed by atoms with Gasteiger partial charge in [0.05, 0.1) is 0 Å². The largest absolute Gasteiger partial charge is 0.351 e. The predicted octanol–water partition coefficient (Wildman–Crippen LogP) is 2.68. The van der Waals surface area contributed by atoms with E-state index in [1.165, 1.54) is 24.3 Å². The predicted molar refractivity (Wildman–Crippen MR) is 88.2 cm³/mol. The van der Waals surface area contributed by atoms with Crippen molar-refractivity contribution in [3.05, 3.63) is 71.3 Å². The molecule has 0 aliphatic heterocycles. The Labute approximate surface area is 144 Å². The molecule has 0 heterocycles. The Morgan fingerprint density at radius 1 is 0.760 bits per heavy atom. The molecule has 2 N–H and O–H groups in total. The van der Waals surface area contributed by atoms with E-state index in [0.29, 0.717) is 12.8 Å². The number of nitrogens with one attached hydrogen (secondary N) is 2. The lowest BCUT2D eigenvalue weighted by Crippen LogP contribution is -2.42. The molecule has 0 unspecified atom stereocenters. The van der Waals surface area contributed by atoms with Crippen LogP contribution < -0.4 is 10.6 Å². The molecule has 1 saturated carbocycles. The van der Waals surface area contributed by atoms with Crippen molar-refractivity contribution in [2.24, 2.45) is 5.41 Å². The number of halogens is 2. The Morgan fingerprint density at radius 2 is 1.12 bits per heavy atom. The molecule has 0 atom stereocenters. The molecule has 2 aromatic rings. The number of rotatable bonds is 6. The van der Waals surface area contributed by atoms with Gasteiger partial charge in [-0.3, -0.25) is 9.59 Å². The maximum atomic E-state index is 12.9. The van der Waals surface area contributed by atoms with Crippen molar-refractivity contribution in [1.29, 1.82) is 0 Å². The topological polar surface area (TPSA) is 58.2 Å². The van der Waals surface area contributed by atoms with Crippen molar-refractivity contribution in [2.75, 3.05) is 0 Å². The molecule has 0 radical (unpaired) electrons. The summed E-state index contributed by atoms with van der Waals surface area (Å²) >= 11 is 0. The SMILES string of the molecule is O=C(NCc1ccc(F)cc1)C1(C(=O)NCc2ccc(F)cc2)CC1. The molecule has 4 nitrogen and oxygen atoms in total. The molecule has 0 saturated heterocycles. The van der Waals surface area contributed by atoms with Crippen LogP contribution in [0.15, 0.2) is 48.5 Å². The van der Waals surface area contributed by atoms with Crippen LogP contribution in [0, 0.1) is 17.0 Å². The minimum atomic E-state index is -1.03. The summed E-state index contributed by atoms with van der Waals surface area (Å²) in [5.41, 5.74) is 0.495. The summed E-state index contributed by atoms with van der Waals surface area (Å²) in [7, 11) is 0. The van der Waals surface area contributed by atoms with Crippen molar-refractivity contribution in [3.8, 4) is 0 Å². The second kappa shape index (κ2) is 7.01. The lowest BCUT2D eigenvalue weighted by atomic mass is 10.0. The summed E-state index contributed by atoms with van der Waals surface area (Å²) in [4.78, 5) is 24.7. The van der Waals surface area contributed by atoms with Crippen molar-refractivity contribution in [3.63, 3.8) is 0 Å². The first-order chi connectivity index (χ1) is 12.0. The summed E-state index contributed by atoms with van der Waals surface area (Å²) in [6, 6.07) is 11.6. The molecule has 2 amide bonds. The smallest absolute Gasteiger partial charge is 0.235 e. The minimum absolute atomic E-state index is 0.242. The van der Waals surface area contributed by atoms with E-state index in [4.69, 9.17) is 0 Å². The fourth-order valence-corrected chi connectivity index (χ4v) is 2.59.